The maximum absolute atomic E-state index is 12.5. The lowest BCUT2D eigenvalue weighted by atomic mass is 10.1. The maximum atomic E-state index is 12.5. The van der Waals surface area contributed by atoms with Crippen molar-refractivity contribution in [1.29, 1.82) is 0 Å². The number of nitrogens with zero attached hydrogens (tertiary/aromatic N) is 2. The van der Waals surface area contributed by atoms with Crippen molar-refractivity contribution in [2.45, 2.75) is 18.7 Å². The summed E-state index contributed by atoms with van der Waals surface area (Å²) in [6.45, 7) is 4.61. The van der Waals surface area contributed by atoms with Crippen molar-refractivity contribution in [3.05, 3.63) is 18.2 Å². The standard InChI is InChI=1S/C18H29N3O6S/c1-7-21(11-13(2)18(23)27-6)12-17(22)19-14-8-9-15(26-5)16(10-14)28(24,25)20(3)4/h8-10,13H,7,11-12H2,1-6H3,(H,19,22). The van der Waals surface area contributed by atoms with Crippen LogP contribution in [0, 0.1) is 5.92 Å². The molecule has 0 radical (unpaired) electrons. The van der Waals surface area contributed by atoms with E-state index in [1.807, 2.05) is 6.92 Å². The number of hydrogen-bond acceptors (Lipinski definition) is 7. The predicted octanol–water partition coefficient (Wildman–Crippen LogP) is 1.02. The summed E-state index contributed by atoms with van der Waals surface area (Å²) in [5.41, 5.74) is 0.336. The van der Waals surface area contributed by atoms with Gasteiger partial charge in [0.1, 0.15) is 10.6 Å². The van der Waals surface area contributed by atoms with Crippen LogP contribution in [-0.2, 0) is 24.3 Å². The maximum Gasteiger partial charge on any atom is 0.309 e. The molecule has 0 aliphatic rings. The van der Waals surface area contributed by atoms with Crippen LogP contribution in [0.5, 0.6) is 5.75 Å². The van der Waals surface area contributed by atoms with E-state index < -0.39 is 10.0 Å². The number of benzene rings is 1. The molecule has 0 saturated carbocycles. The summed E-state index contributed by atoms with van der Waals surface area (Å²) < 4.78 is 35.8. The fraction of sp³-hybridized carbons (Fsp3) is 0.556. The van der Waals surface area contributed by atoms with E-state index in [1.54, 1.807) is 17.9 Å². The molecular weight excluding hydrogens is 386 g/mol. The largest absolute Gasteiger partial charge is 0.495 e. The third kappa shape index (κ3) is 6.18. The van der Waals surface area contributed by atoms with Crippen molar-refractivity contribution in [2.24, 2.45) is 5.92 Å². The van der Waals surface area contributed by atoms with Gasteiger partial charge < -0.3 is 14.8 Å². The van der Waals surface area contributed by atoms with Gasteiger partial charge in [-0.3, -0.25) is 14.5 Å². The van der Waals surface area contributed by atoms with E-state index in [-0.39, 0.29) is 35.0 Å². The Labute approximate surface area is 166 Å². The molecule has 1 unspecified atom stereocenters. The molecule has 10 heteroatoms. The van der Waals surface area contributed by atoms with Gasteiger partial charge in [0, 0.05) is 26.3 Å². The van der Waals surface area contributed by atoms with Gasteiger partial charge in [-0.1, -0.05) is 13.8 Å². The molecule has 1 aromatic carbocycles. The zero-order valence-electron chi connectivity index (χ0n) is 17.2. The smallest absolute Gasteiger partial charge is 0.309 e. The van der Waals surface area contributed by atoms with Crippen LogP contribution < -0.4 is 10.1 Å². The molecule has 0 aliphatic heterocycles. The van der Waals surface area contributed by atoms with E-state index in [0.717, 1.165) is 4.31 Å². The second-order valence-electron chi connectivity index (χ2n) is 6.45. The Bertz CT molecular complexity index is 795. The van der Waals surface area contributed by atoms with E-state index in [2.05, 4.69) is 5.32 Å². The van der Waals surface area contributed by atoms with Crippen LogP contribution in [0.1, 0.15) is 13.8 Å². The molecule has 1 rings (SSSR count). The van der Waals surface area contributed by atoms with Crippen molar-refractivity contribution in [1.82, 2.24) is 9.21 Å². The van der Waals surface area contributed by atoms with Gasteiger partial charge in [0.15, 0.2) is 0 Å². The summed E-state index contributed by atoms with van der Waals surface area (Å²) in [6, 6.07) is 4.42. The van der Waals surface area contributed by atoms with E-state index in [9.17, 15) is 18.0 Å². The third-order valence-corrected chi connectivity index (χ3v) is 5.99. The second kappa shape index (κ2) is 10.4. The zero-order valence-corrected chi connectivity index (χ0v) is 18.0. The first-order valence-corrected chi connectivity index (χ1v) is 10.2. The van der Waals surface area contributed by atoms with Crippen molar-refractivity contribution in [3.63, 3.8) is 0 Å². The summed E-state index contributed by atoms with van der Waals surface area (Å²) >= 11 is 0. The predicted molar refractivity (Wildman–Crippen MR) is 106 cm³/mol. The monoisotopic (exact) mass is 415 g/mol. The van der Waals surface area contributed by atoms with Gasteiger partial charge in [-0.25, -0.2) is 12.7 Å². The number of anilines is 1. The molecule has 9 nitrogen and oxygen atoms in total. The highest BCUT2D eigenvalue weighted by molar-refractivity contribution is 7.89. The molecule has 0 heterocycles. The molecule has 158 valence electrons. The highest BCUT2D eigenvalue weighted by Gasteiger charge is 2.23. The number of sulfonamides is 1. The van der Waals surface area contributed by atoms with Gasteiger partial charge in [-0.05, 0) is 24.7 Å². The molecule has 0 saturated heterocycles. The van der Waals surface area contributed by atoms with Gasteiger partial charge in [0.05, 0.1) is 26.7 Å². The van der Waals surface area contributed by atoms with Crippen LogP contribution in [0.3, 0.4) is 0 Å². The molecule has 1 aromatic rings. The summed E-state index contributed by atoms with van der Waals surface area (Å²) in [7, 11) is 1.80. The Morgan fingerprint density at radius 2 is 1.86 bits per heavy atom. The molecule has 28 heavy (non-hydrogen) atoms. The van der Waals surface area contributed by atoms with E-state index >= 15 is 0 Å². The topological polar surface area (TPSA) is 105 Å². The summed E-state index contributed by atoms with van der Waals surface area (Å²) in [4.78, 5) is 25.7. The highest BCUT2D eigenvalue weighted by atomic mass is 32.2. The average molecular weight is 416 g/mol. The molecule has 0 bridgehead atoms. The summed E-state index contributed by atoms with van der Waals surface area (Å²) in [6.07, 6.45) is 0. The number of carbonyl (C=O) groups is 2. The number of nitrogens with one attached hydrogen (secondary N) is 1. The van der Waals surface area contributed by atoms with Crippen LogP contribution in [0.15, 0.2) is 23.1 Å². The Morgan fingerprint density at radius 1 is 1.21 bits per heavy atom. The first-order chi connectivity index (χ1) is 13.1. The molecule has 1 atom stereocenters. The molecule has 0 spiro atoms. The van der Waals surface area contributed by atoms with Gasteiger partial charge in [-0.15, -0.1) is 0 Å². The Balaban J connectivity index is 2.93. The number of carbonyl (C=O) groups excluding carboxylic acids is 2. The van der Waals surface area contributed by atoms with Gasteiger partial charge >= 0.3 is 5.97 Å². The fourth-order valence-electron chi connectivity index (χ4n) is 2.52. The minimum absolute atomic E-state index is 0.0375. The van der Waals surface area contributed by atoms with Crippen LogP contribution >= 0.6 is 0 Å². The fourth-order valence-corrected chi connectivity index (χ4v) is 3.60. The minimum atomic E-state index is -3.74. The SMILES string of the molecule is CCN(CC(=O)Nc1ccc(OC)c(S(=O)(=O)N(C)C)c1)CC(C)C(=O)OC. The second-order valence-corrected chi connectivity index (χ2v) is 8.57. The number of amides is 1. The Morgan fingerprint density at radius 3 is 2.36 bits per heavy atom. The van der Waals surface area contributed by atoms with Crippen LogP contribution in [0.25, 0.3) is 0 Å². The van der Waals surface area contributed by atoms with Crippen LogP contribution in [0.2, 0.25) is 0 Å². The van der Waals surface area contributed by atoms with Crippen LogP contribution in [-0.4, -0.2) is 77.4 Å². The Kier molecular flexibility index (Phi) is 8.86. The average Bonchev–Trinajstić information content (AvgIpc) is 2.66. The number of rotatable bonds is 10. The summed E-state index contributed by atoms with van der Waals surface area (Å²) in [5, 5.41) is 2.69. The number of ether oxygens (including phenoxy) is 2. The van der Waals surface area contributed by atoms with Crippen molar-refractivity contribution >= 4 is 27.6 Å². The molecule has 1 amide bonds. The molecule has 0 aromatic heterocycles. The number of methoxy groups -OCH3 is 2. The zero-order chi connectivity index (χ0) is 21.5. The first kappa shape index (κ1) is 23.9. The third-order valence-electron chi connectivity index (χ3n) is 4.16. The molecular formula is C18H29N3O6S. The van der Waals surface area contributed by atoms with Gasteiger partial charge in [0.25, 0.3) is 0 Å². The van der Waals surface area contributed by atoms with Crippen molar-refractivity contribution in [2.75, 3.05) is 53.3 Å². The Hall–Kier alpha value is -2.17. The van der Waals surface area contributed by atoms with Crippen molar-refractivity contribution < 1.29 is 27.5 Å². The first-order valence-electron chi connectivity index (χ1n) is 8.77. The quantitative estimate of drug-likeness (QED) is 0.569. The lowest BCUT2D eigenvalue weighted by molar-refractivity contribution is -0.145. The van der Waals surface area contributed by atoms with E-state index in [0.29, 0.717) is 18.8 Å². The lowest BCUT2D eigenvalue weighted by Crippen LogP contribution is -2.38. The molecule has 0 aliphatic carbocycles. The molecule has 0 fully saturated rings. The van der Waals surface area contributed by atoms with E-state index in [1.165, 1.54) is 40.4 Å². The van der Waals surface area contributed by atoms with Gasteiger partial charge in [0.2, 0.25) is 15.9 Å². The number of hydrogen-bond donors (Lipinski definition) is 1. The van der Waals surface area contributed by atoms with Crippen molar-refractivity contribution in [3.8, 4) is 5.75 Å². The number of likely N-dealkylation sites (N-methyl/N-ethyl adjacent to an activating group) is 1. The van der Waals surface area contributed by atoms with Gasteiger partial charge in [-0.2, -0.15) is 0 Å². The molecule has 1 N–H and O–H groups in total. The number of esters is 1. The minimum Gasteiger partial charge on any atom is -0.495 e. The van der Waals surface area contributed by atoms with E-state index in [4.69, 9.17) is 9.47 Å². The highest BCUT2D eigenvalue weighted by Crippen LogP contribution is 2.28. The van der Waals surface area contributed by atoms with Crippen LogP contribution in [0.4, 0.5) is 5.69 Å². The lowest BCUT2D eigenvalue weighted by Gasteiger charge is -2.22. The summed E-state index contributed by atoms with van der Waals surface area (Å²) in [5.74, 6) is -0.839. The normalized spacial score (nSPS) is 12.7.